The van der Waals surface area contributed by atoms with Crippen LogP contribution < -0.4 is 10.2 Å². The van der Waals surface area contributed by atoms with Gasteiger partial charge in [-0.05, 0) is 18.2 Å². The fourth-order valence-corrected chi connectivity index (χ4v) is 3.86. The Labute approximate surface area is 156 Å². The zero-order valence-electron chi connectivity index (χ0n) is 15.9. The van der Waals surface area contributed by atoms with Crippen LogP contribution >= 0.6 is 0 Å². The van der Waals surface area contributed by atoms with Crippen LogP contribution in [0.2, 0.25) is 0 Å². The summed E-state index contributed by atoms with van der Waals surface area (Å²) in [7, 11) is 0. The Hall–Kier alpha value is -1.92. The lowest BCUT2D eigenvalue weighted by Gasteiger charge is -2.34. The molecule has 6 heteroatoms. The van der Waals surface area contributed by atoms with Crippen LogP contribution in [0, 0.1) is 0 Å². The molecule has 0 saturated carbocycles. The molecule has 1 aromatic rings. The molecule has 2 amide bonds. The average molecular weight is 358 g/mol. The van der Waals surface area contributed by atoms with Crippen molar-refractivity contribution in [3.63, 3.8) is 0 Å². The lowest BCUT2D eigenvalue weighted by atomic mass is 10.1. The second-order valence-electron chi connectivity index (χ2n) is 7.03. The SMILES string of the molecule is CCC(=O)N1c2ccccc2C[C@@H]1C(=O)NCCN1CCN(CC)CC1. The lowest BCUT2D eigenvalue weighted by molar-refractivity contribution is -0.126. The minimum atomic E-state index is -0.420. The molecule has 0 aromatic heterocycles. The third-order valence-electron chi connectivity index (χ3n) is 5.49. The number of carbonyl (C=O) groups excluding carboxylic acids is 2. The summed E-state index contributed by atoms with van der Waals surface area (Å²) >= 11 is 0. The molecule has 0 unspecified atom stereocenters. The van der Waals surface area contributed by atoms with Crippen LogP contribution in [0.4, 0.5) is 5.69 Å². The van der Waals surface area contributed by atoms with Crippen molar-refractivity contribution in [1.82, 2.24) is 15.1 Å². The molecule has 0 bridgehead atoms. The Bertz CT molecular complexity index is 640. The molecule has 26 heavy (non-hydrogen) atoms. The molecule has 1 fully saturated rings. The molecule has 142 valence electrons. The van der Waals surface area contributed by atoms with E-state index in [1.807, 2.05) is 31.2 Å². The number of amides is 2. The van der Waals surface area contributed by atoms with Crippen LogP contribution in [0.15, 0.2) is 24.3 Å². The molecule has 2 heterocycles. The van der Waals surface area contributed by atoms with Gasteiger partial charge in [0, 0.05) is 57.8 Å². The number of hydrogen-bond donors (Lipinski definition) is 1. The summed E-state index contributed by atoms with van der Waals surface area (Å²) in [6.07, 6.45) is 1.00. The van der Waals surface area contributed by atoms with Crippen molar-refractivity contribution in [2.45, 2.75) is 32.7 Å². The van der Waals surface area contributed by atoms with E-state index in [-0.39, 0.29) is 11.8 Å². The summed E-state index contributed by atoms with van der Waals surface area (Å²) < 4.78 is 0. The van der Waals surface area contributed by atoms with Crippen molar-refractivity contribution >= 4 is 17.5 Å². The van der Waals surface area contributed by atoms with E-state index in [0.29, 0.717) is 19.4 Å². The first-order chi connectivity index (χ1) is 12.6. The molecule has 1 atom stereocenters. The second kappa shape index (κ2) is 8.64. The summed E-state index contributed by atoms with van der Waals surface area (Å²) in [5.74, 6) is -0.0408. The molecule has 2 aliphatic heterocycles. The van der Waals surface area contributed by atoms with Crippen LogP contribution in [0.1, 0.15) is 25.8 Å². The number of anilines is 1. The third kappa shape index (κ3) is 4.07. The van der Waals surface area contributed by atoms with Crippen molar-refractivity contribution < 1.29 is 9.59 Å². The van der Waals surface area contributed by atoms with E-state index in [9.17, 15) is 9.59 Å². The van der Waals surface area contributed by atoms with Crippen LogP contribution in [-0.2, 0) is 16.0 Å². The number of nitrogens with one attached hydrogen (secondary N) is 1. The number of carbonyl (C=O) groups is 2. The Morgan fingerprint density at radius 3 is 2.46 bits per heavy atom. The Morgan fingerprint density at radius 1 is 1.08 bits per heavy atom. The maximum atomic E-state index is 12.8. The Balaban J connectivity index is 1.53. The van der Waals surface area contributed by atoms with Gasteiger partial charge in [-0.15, -0.1) is 0 Å². The number of benzene rings is 1. The summed E-state index contributed by atoms with van der Waals surface area (Å²) in [6, 6.07) is 7.40. The standard InChI is InChI=1S/C20H30N4O2/c1-3-19(25)24-17-8-6-5-7-16(17)15-18(24)20(26)21-9-10-23-13-11-22(4-2)12-14-23/h5-8,18H,3-4,9-15H2,1-2H3,(H,21,26)/t18-/m1/s1. The minimum absolute atomic E-state index is 0.00536. The van der Waals surface area contributed by atoms with Gasteiger partial charge in [-0.25, -0.2) is 0 Å². The topological polar surface area (TPSA) is 55.9 Å². The van der Waals surface area contributed by atoms with Gasteiger partial charge in [0.2, 0.25) is 11.8 Å². The Morgan fingerprint density at radius 2 is 1.77 bits per heavy atom. The van der Waals surface area contributed by atoms with E-state index < -0.39 is 6.04 Å². The highest BCUT2D eigenvalue weighted by atomic mass is 16.2. The molecule has 1 N–H and O–H groups in total. The smallest absolute Gasteiger partial charge is 0.243 e. The summed E-state index contributed by atoms with van der Waals surface area (Å²) in [5.41, 5.74) is 1.96. The van der Waals surface area contributed by atoms with Gasteiger partial charge in [0.25, 0.3) is 0 Å². The summed E-state index contributed by atoms with van der Waals surface area (Å²) in [6.45, 7) is 10.9. The zero-order valence-corrected chi connectivity index (χ0v) is 15.9. The minimum Gasteiger partial charge on any atom is -0.353 e. The van der Waals surface area contributed by atoms with E-state index in [1.165, 1.54) is 0 Å². The number of nitrogens with zero attached hydrogens (tertiary/aromatic N) is 3. The molecule has 1 aromatic carbocycles. The first-order valence-electron chi connectivity index (χ1n) is 9.76. The van der Waals surface area contributed by atoms with E-state index in [4.69, 9.17) is 0 Å². The number of likely N-dealkylation sites (N-methyl/N-ethyl adjacent to an activating group) is 1. The maximum Gasteiger partial charge on any atom is 0.243 e. The van der Waals surface area contributed by atoms with E-state index >= 15 is 0 Å². The molecular weight excluding hydrogens is 328 g/mol. The van der Waals surface area contributed by atoms with Crippen molar-refractivity contribution in [2.75, 3.05) is 50.7 Å². The first-order valence-corrected chi connectivity index (χ1v) is 9.76. The van der Waals surface area contributed by atoms with Crippen molar-refractivity contribution in [3.8, 4) is 0 Å². The average Bonchev–Trinajstić information content (AvgIpc) is 3.07. The van der Waals surface area contributed by atoms with Crippen LogP contribution in [-0.4, -0.2) is 73.5 Å². The highest BCUT2D eigenvalue weighted by Crippen LogP contribution is 2.32. The van der Waals surface area contributed by atoms with Gasteiger partial charge in [-0.3, -0.25) is 19.4 Å². The number of piperazine rings is 1. The fraction of sp³-hybridized carbons (Fsp3) is 0.600. The first kappa shape index (κ1) is 18.9. The zero-order chi connectivity index (χ0) is 18.5. The van der Waals surface area contributed by atoms with Gasteiger partial charge < -0.3 is 10.2 Å². The highest BCUT2D eigenvalue weighted by molar-refractivity contribution is 6.03. The monoisotopic (exact) mass is 358 g/mol. The quantitative estimate of drug-likeness (QED) is 0.828. The van der Waals surface area contributed by atoms with Crippen LogP contribution in [0.5, 0.6) is 0 Å². The summed E-state index contributed by atoms with van der Waals surface area (Å²) in [5, 5.41) is 3.05. The van der Waals surface area contributed by atoms with E-state index in [1.54, 1.807) is 4.90 Å². The molecule has 1 saturated heterocycles. The molecule has 0 aliphatic carbocycles. The third-order valence-corrected chi connectivity index (χ3v) is 5.49. The number of rotatable bonds is 6. The molecule has 0 spiro atoms. The number of hydrogen-bond acceptors (Lipinski definition) is 4. The van der Waals surface area contributed by atoms with Gasteiger partial charge in [0.15, 0.2) is 0 Å². The van der Waals surface area contributed by atoms with Crippen molar-refractivity contribution in [1.29, 1.82) is 0 Å². The summed E-state index contributed by atoms with van der Waals surface area (Å²) in [4.78, 5) is 31.7. The van der Waals surface area contributed by atoms with E-state index in [2.05, 4.69) is 22.0 Å². The van der Waals surface area contributed by atoms with Gasteiger partial charge in [0.05, 0.1) is 0 Å². The number of fused-ring (bicyclic) bond motifs is 1. The predicted molar refractivity (Wildman–Crippen MR) is 103 cm³/mol. The van der Waals surface area contributed by atoms with Gasteiger partial charge in [-0.1, -0.05) is 32.0 Å². The molecular formula is C20H30N4O2. The van der Waals surface area contributed by atoms with Gasteiger partial charge >= 0.3 is 0 Å². The molecule has 6 nitrogen and oxygen atoms in total. The number of para-hydroxylation sites is 1. The molecule has 2 aliphatic rings. The largest absolute Gasteiger partial charge is 0.353 e. The normalized spacial score (nSPS) is 20.8. The fourth-order valence-electron chi connectivity index (χ4n) is 3.86. The van der Waals surface area contributed by atoms with Gasteiger partial charge in [0.1, 0.15) is 6.04 Å². The van der Waals surface area contributed by atoms with Crippen molar-refractivity contribution in [2.24, 2.45) is 0 Å². The second-order valence-corrected chi connectivity index (χ2v) is 7.03. The van der Waals surface area contributed by atoms with Crippen LogP contribution in [0.25, 0.3) is 0 Å². The van der Waals surface area contributed by atoms with Crippen LogP contribution in [0.3, 0.4) is 0 Å². The van der Waals surface area contributed by atoms with Crippen molar-refractivity contribution in [3.05, 3.63) is 29.8 Å². The molecule has 3 rings (SSSR count). The highest BCUT2D eigenvalue weighted by Gasteiger charge is 2.37. The van der Waals surface area contributed by atoms with Gasteiger partial charge in [-0.2, -0.15) is 0 Å². The maximum absolute atomic E-state index is 12.8. The van der Waals surface area contributed by atoms with E-state index in [0.717, 1.165) is 50.5 Å². The molecule has 0 radical (unpaired) electrons. The predicted octanol–water partition coefficient (Wildman–Crippen LogP) is 1.11. The lowest BCUT2D eigenvalue weighted by Crippen LogP contribution is -2.51. The Kier molecular flexibility index (Phi) is 6.27.